The summed E-state index contributed by atoms with van der Waals surface area (Å²) in [5, 5.41) is 66.6. The van der Waals surface area contributed by atoms with E-state index in [-0.39, 0.29) is 6.42 Å². The standard InChI is InChI=1S/C12H22O10/c13-2-5-8(16)4(15)1-7(20-5)22-12-11(19)10(18)9(17)6(3-14)21-12/h4-19H,1-3H2/t4?,5?,6?,7-,8+,9-,10-,11?,12-/m1/s1. The minimum Gasteiger partial charge on any atom is -0.394 e. The van der Waals surface area contributed by atoms with Gasteiger partial charge in [0.1, 0.15) is 36.6 Å². The lowest BCUT2D eigenvalue weighted by Gasteiger charge is -2.43. The minimum absolute atomic E-state index is 0.146. The zero-order chi connectivity index (χ0) is 16.4. The van der Waals surface area contributed by atoms with E-state index in [1.165, 1.54) is 0 Å². The molecule has 22 heavy (non-hydrogen) atoms. The van der Waals surface area contributed by atoms with Crippen LogP contribution in [0.3, 0.4) is 0 Å². The molecule has 10 nitrogen and oxygen atoms in total. The van der Waals surface area contributed by atoms with Crippen molar-refractivity contribution in [2.75, 3.05) is 13.2 Å². The van der Waals surface area contributed by atoms with Gasteiger partial charge >= 0.3 is 0 Å². The number of aliphatic hydroxyl groups is 7. The Balaban J connectivity index is 2.00. The van der Waals surface area contributed by atoms with Gasteiger partial charge < -0.3 is 50.0 Å². The Morgan fingerprint density at radius 2 is 1.36 bits per heavy atom. The largest absolute Gasteiger partial charge is 0.394 e. The van der Waals surface area contributed by atoms with Crippen molar-refractivity contribution >= 4 is 0 Å². The van der Waals surface area contributed by atoms with Crippen LogP contribution in [0.15, 0.2) is 0 Å². The van der Waals surface area contributed by atoms with Gasteiger partial charge in [0.05, 0.1) is 19.3 Å². The molecule has 2 heterocycles. The first-order valence-electron chi connectivity index (χ1n) is 6.97. The molecule has 7 N–H and O–H groups in total. The van der Waals surface area contributed by atoms with Gasteiger partial charge in [0.25, 0.3) is 0 Å². The Morgan fingerprint density at radius 1 is 0.773 bits per heavy atom. The number of aliphatic hydroxyl groups excluding tert-OH is 7. The Bertz CT molecular complexity index is 353. The zero-order valence-electron chi connectivity index (χ0n) is 11.7. The molecule has 9 atom stereocenters. The monoisotopic (exact) mass is 326 g/mol. The normalized spacial score (nSPS) is 50.0. The van der Waals surface area contributed by atoms with Crippen molar-refractivity contribution in [3.8, 4) is 0 Å². The Labute approximate surface area is 126 Å². The fourth-order valence-electron chi connectivity index (χ4n) is 2.48. The van der Waals surface area contributed by atoms with Crippen molar-refractivity contribution in [1.29, 1.82) is 0 Å². The first kappa shape index (κ1) is 17.9. The number of rotatable bonds is 4. The van der Waals surface area contributed by atoms with E-state index in [1.807, 2.05) is 0 Å². The summed E-state index contributed by atoms with van der Waals surface area (Å²) < 4.78 is 15.7. The first-order valence-corrected chi connectivity index (χ1v) is 6.97. The molecule has 4 unspecified atom stereocenters. The maximum absolute atomic E-state index is 9.83. The zero-order valence-corrected chi connectivity index (χ0v) is 11.7. The minimum atomic E-state index is -1.60. The molecule has 2 saturated heterocycles. The van der Waals surface area contributed by atoms with Gasteiger partial charge in [-0.25, -0.2) is 0 Å². The first-order chi connectivity index (χ1) is 10.4. The number of ether oxygens (including phenoxy) is 3. The summed E-state index contributed by atoms with van der Waals surface area (Å²) in [6, 6.07) is 0. The van der Waals surface area contributed by atoms with E-state index in [0.717, 1.165) is 0 Å². The Hall–Kier alpha value is -0.400. The van der Waals surface area contributed by atoms with Gasteiger partial charge in [0, 0.05) is 6.42 Å². The average molecular weight is 326 g/mol. The van der Waals surface area contributed by atoms with Crippen LogP contribution in [0.5, 0.6) is 0 Å². The summed E-state index contributed by atoms with van der Waals surface area (Å²) in [6.45, 7) is -1.15. The van der Waals surface area contributed by atoms with Gasteiger partial charge in [-0.1, -0.05) is 0 Å². The topological polar surface area (TPSA) is 169 Å². The lowest BCUT2D eigenvalue weighted by Crippen LogP contribution is -2.60. The lowest BCUT2D eigenvalue weighted by atomic mass is 9.99. The molecule has 0 amide bonds. The van der Waals surface area contributed by atoms with Crippen molar-refractivity contribution < 1.29 is 50.0 Å². The Kier molecular flexibility index (Phi) is 6.07. The van der Waals surface area contributed by atoms with Crippen LogP contribution >= 0.6 is 0 Å². The van der Waals surface area contributed by atoms with Crippen LogP contribution in [-0.2, 0) is 14.2 Å². The van der Waals surface area contributed by atoms with E-state index in [2.05, 4.69) is 0 Å². The summed E-state index contributed by atoms with van der Waals surface area (Å²) in [4.78, 5) is 0. The van der Waals surface area contributed by atoms with Gasteiger partial charge in [-0.2, -0.15) is 0 Å². The fourth-order valence-corrected chi connectivity index (χ4v) is 2.48. The maximum atomic E-state index is 9.83. The quantitative estimate of drug-likeness (QED) is 0.268. The summed E-state index contributed by atoms with van der Waals surface area (Å²) in [6.07, 6.45) is -12.1. The van der Waals surface area contributed by atoms with Crippen LogP contribution < -0.4 is 0 Å². The highest BCUT2D eigenvalue weighted by atomic mass is 16.8. The molecule has 0 aromatic rings. The van der Waals surface area contributed by atoms with E-state index in [1.54, 1.807) is 0 Å². The van der Waals surface area contributed by atoms with Gasteiger partial charge in [0.15, 0.2) is 12.6 Å². The van der Waals surface area contributed by atoms with Crippen LogP contribution in [0.4, 0.5) is 0 Å². The van der Waals surface area contributed by atoms with E-state index in [9.17, 15) is 25.5 Å². The summed E-state index contributed by atoms with van der Waals surface area (Å²) in [7, 11) is 0. The molecule has 0 aromatic carbocycles. The van der Waals surface area contributed by atoms with Crippen molar-refractivity contribution in [3.05, 3.63) is 0 Å². The second-order valence-electron chi connectivity index (χ2n) is 5.41. The summed E-state index contributed by atoms with van der Waals surface area (Å²) >= 11 is 0. The number of hydrogen-bond acceptors (Lipinski definition) is 10. The molecule has 0 radical (unpaired) electrons. The molecule has 0 saturated carbocycles. The molecule has 2 aliphatic rings. The molecule has 2 fully saturated rings. The summed E-state index contributed by atoms with van der Waals surface area (Å²) in [5.74, 6) is 0. The molecule has 0 aromatic heterocycles. The highest BCUT2D eigenvalue weighted by Crippen LogP contribution is 2.27. The maximum Gasteiger partial charge on any atom is 0.189 e. The van der Waals surface area contributed by atoms with Crippen LogP contribution in [-0.4, -0.2) is 104 Å². The smallest absolute Gasteiger partial charge is 0.189 e. The van der Waals surface area contributed by atoms with E-state index in [0.29, 0.717) is 0 Å². The van der Waals surface area contributed by atoms with E-state index in [4.69, 9.17) is 24.4 Å². The van der Waals surface area contributed by atoms with Crippen molar-refractivity contribution in [2.24, 2.45) is 0 Å². The molecule has 0 bridgehead atoms. The predicted octanol–water partition coefficient (Wildman–Crippen LogP) is -4.37. The van der Waals surface area contributed by atoms with Crippen molar-refractivity contribution in [3.63, 3.8) is 0 Å². The van der Waals surface area contributed by atoms with Crippen LogP contribution in [0, 0.1) is 0 Å². The molecule has 10 heteroatoms. The second kappa shape index (κ2) is 7.45. The fraction of sp³-hybridized carbons (Fsp3) is 1.00. The third-order valence-corrected chi connectivity index (χ3v) is 3.85. The molecule has 0 aliphatic carbocycles. The third-order valence-electron chi connectivity index (χ3n) is 3.85. The SMILES string of the molecule is OCC1O[C@H](O[C@H]2OC(CO)[C@@H](O)[C@@H](O)C2O)CC(O)[C@@H]1O. The van der Waals surface area contributed by atoms with Crippen LogP contribution in [0.25, 0.3) is 0 Å². The van der Waals surface area contributed by atoms with Crippen molar-refractivity contribution in [1.82, 2.24) is 0 Å². The van der Waals surface area contributed by atoms with E-state index < -0.39 is 68.5 Å². The van der Waals surface area contributed by atoms with Crippen LogP contribution in [0.1, 0.15) is 6.42 Å². The highest BCUT2D eigenvalue weighted by molar-refractivity contribution is 4.90. The van der Waals surface area contributed by atoms with Crippen LogP contribution in [0.2, 0.25) is 0 Å². The van der Waals surface area contributed by atoms with Gasteiger partial charge in [0.2, 0.25) is 0 Å². The predicted molar refractivity (Wildman–Crippen MR) is 67.2 cm³/mol. The second-order valence-corrected chi connectivity index (χ2v) is 5.41. The summed E-state index contributed by atoms with van der Waals surface area (Å²) in [5.41, 5.74) is 0. The Morgan fingerprint density at radius 3 is 1.95 bits per heavy atom. The van der Waals surface area contributed by atoms with Crippen molar-refractivity contribution in [2.45, 2.75) is 61.7 Å². The lowest BCUT2D eigenvalue weighted by molar-refractivity contribution is -0.358. The molecule has 2 aliphatic heterocycles. The van der Waals surface area contributed by atoms with E-state index >= 15 is 0 Å². The molecular weight excluding hydrogens is 304 g/mol. The highest BCUT2D eigenvalue weighted by Gasteiger charge is 2.46. The number of hydrogen-bond donors (Lipinski definition) is 7. The molecular formula is C12H22O10. The molecule has 2 rings (SSSR count). The van der Waals surface area contributed by atoms with Gasteiger partial charge in [-0.3, -0.25) is 0 Å². The molecule has 130 valence electrons. The average Bonchev–Trinajstić information content (AvgIpc) is 2.51. The third kappa shape index (κ3) is 3.57. The molecule has 0 spiro atoms. The van der Waals surface area contributed by atoms with Gasteiger partial charge in [-0.05, 0) is 0 Å². The van der Waals surface area contributed by atoms with Gasteiger partial charge in [-0.15, -0.1) is 0 Å².